The first-order chi connectivity index (χ1) is 13.1. The third kappa shape index (κ3) is 3.28. The molecule has 3 heterocycles. The van der Waals surface area contributed by atoms with Crippen LogP contribution < -0.4 is 19.3 Å². The molecule has 4 rings (SSSR count). The molecule has 3 aromatic rings. The van der Waals surface area contributed by atoms with Crippen LogP contribution >= 0.6 is 11.6 Å². The molecule has 0 unspecified atom stereocenters. The molecule has 0 radical (unpaired) electrons. The molecule has 1 aromatic carbocycles. The molecule has 0 bridgehead atoms. The van der Waals surface area contributed by atoms with Gasteiger partial charge in [-0.15, -0.1) is 0 Å². The first-order valence-electron chi connectivity index (χ1n) is 8.47. The van der Waals surface area contributed by atoms with Gasteiger partial charge in [0.05, 0.1) is 26.4 Å². The molecule has 0 amide bonds. The van der Waals surface area contributed by atoms with Crippen molar-refractivity contribution in [1.82, 2.24) is 19.9 Å². The number of anilines is 2. The van der Waals surface area contributed by atoms with Gasteiger partial charge in [0.1, 0.15) is 18.0 Å². The van der Waals surface area contributed by atoms with E-state index in [0.717, 1.165) is 41.3 Å². The van der Waals surface area contributed by atoms with E-state index in [9.17, 15) is 0 Å². The highest BCUT2D eigenvalue weighted by molar-refractivity contribution is 6.28. The normalized spacial score (nSPS) is 14.1. The van der Waals surface area contributed by atoms with Gasteiger partial charge < -0.3 is 19.3 Å². The number of halogens is 1. The molecule has 1 saturated heterocycles. The average molecular weight is 387 g/mol. The van der Waals surface area contributed by atoms with Crippen molar-refractivity contribution in [3.8, 4) is 11.5 Å². The predicted octanol–water partition coefficient (Wildman–Crippen LogP) is 2.68. The van der Waals surface area contributed by atoms with Crippen molar-refractivity contribution in [2.45, 2.75) is 6.92 Å². The summed E-state index contributed by atoms with van der Waals surface area (Å²) in [4.78, 5) is 21.7. The lowest BCUT2D eigenvalue weighted by Crippen LogP contribution is -2.26. The number of aromatic nitrogens is 4. The lowest BCUT2D eigenvalue weighted by atomic mass is 10.2. The minimum absolute atomic E-state index is 0.257. The minimum atomic E-state index is 0.257. The van der Waals surface area contributed by atoms with E-state index < -0.39 is 0 Å². The van der Waals surface area contributed by atoms with Crippen LogP contribution in [0.1, 0.15) is 5.69 Å². The third-order valence-electron chi connectivity index (χ3n) is 4.54. The Hall–Kier alpha value is -2.87. The molecular formula is C18H19ClN6O2. The van der Waals surface area contributed by atoms with Gasteiger partial charge in [-0.25, -0.2) is 19.9 Å². The predicted molar refractivity (Wildman–Crippen MR) is 104 cm³/mol. The summed E-state index contributed by atoms with van der Waals surface area (Å²) in [5.41, 5.74) is 1.64. The Morgan fingerprint density at radius 3 is 2.44 bits per heavy atom. The van der Waals surface area contributed by atoms with E-state index in [1.54, 1.807) is 20.5 Å². The van der Waals surface area contributed by atoms with Crippen molar-refractivity contribution in [3.05, 3.63) is 35.5 Å². The maximum absolute atomic E-state index is 6.01. The van der Waals surface area contributed by atoms with Gasteiger partial charge in [-0.2, -0.15) is 0 Å². The quantitative estimate of drug-likeness (QED) is 0.633. The maximum atomic E-state index is 6.01. The summed E-state index contributed by atoms with van der Waals surface area (Å²) in [5.74, 6) is 2.95. The molecule has 8 nitrogen and oxygen atoms in total. The highest BCUT2D eigenvalue weighted by atomic mass is 35.5. The summed E-state index contributed by atoms with van der Waals surface area (Å²) in [6.07, 6.45) is 1.57. The molecule has 27 heavy (non-hydrogen) atoms. The lowest BCUT2D eigenvalue weighted by Gasteiger charge is -2.21. The van der Waals surface area contributed by atoms with Crippen molar-refractivity contribution in [3.63, 3.8) is 0 Å². The zero-order chi connectivity index (χ0) is 19.0. The van der Waals surface area contributed by atoms with E-state index in [1.807, 2.05) is 25.1 Å². The molecular weight excluding hydrogens is 368 g/mol. The molecule has 2 aromatic heterocycles. The van der Waals surface area contributed by atoms with E-state index in [2.05, 4.69) is 29.7 Å². The Kier molecular flexibility index (Phi) is 4.57. The summed E-state index contributed by atoms with van der Waals surface area (Å²) >= 11 is 6.01. The number of hydrogen-bond acceptors (Lipinski definition) is 8. The Morgan fingerprint density at radius 1 is 0.963 bits per heavy atom. The molecule has 0 atom stereocenters. The van der Waals surface area contributed by atoms with Crippen molar-refractivity contribution in [2.75, 3.05) is 43.8 Å². The van der Waals surface area contributed by atoms with Gasteiger partial charge in [0.2, 0.25) is 5.28 Å². The SMILES string of the molecule is COc1cc2ncnc(N3CCN(c4cc(C)nc(Cl)n4)C3)c2cc1OC. The molecule has 0 aliphatic carbocycles. The van der Waals surface area contributed by atoms with Crippen molar-refractivity contribution >= 4 is 34.1 Å². The number of aryl methyl sites for hydroxylation is 1. The van der Waals surface area contributed by atoms with Gasteiger partial charge in [-0.3, -0.25) is 0 Å². The fourth-order valence-corrected chi connectivity index (χ4v) is 3.47. The molecule has 0 N–H and O–H groups in total. The van der Waals surface area contributed by atoms with Crippen LogP contribution in [0.3, 0.4) is 0 Å². The summed E-state index contributed by atoms with van der Waals surface area (Å²) in [6, 6.07) is 5.71. The summed E-state index contributed by atoms with van der Waals surface area (Å²) in [6.45, 7) is 4.17. The zero-order valence-electron chi connectivity index (χ0n) is 15.3. The monoisotopic (exact) mass is 386 g/mol. The second-order valence-electron chi connectivity index (χ2n) is 6.23. The number of methoxy groups -OCH3 is 2. The first kappa shape index (κ1) is 17.5. The fraction of sp³-hybridized carbons (Fsp3) is 0.333. The van der Waals surface area contributed by atoms with Crippen molar-refractivity contribution in [2.24, 2.45) is 0 Å². The largest absolute Gasteiger partial charge is 0.493 e. The van der Waals surface area contributed by atoms with Gasteiger partial charge >= 0.3 is 0 Å². The zero-order valence-corrected chi connectivity index (χ0v) is 16.1. The Bertz CT molecular complexity index is 979. The highest BCUT2D eigenvalue weighted by Crippen LogP contribution is 2.35. The molecule has 140 valence electrons. The van der Waals surface area contributed by atoms with Crippen LogP contribution in [0.15, 0.2) is 24.5 Å². The van der Waals surface area contributed by atoms with Gasteiger partial charge in [-0.1, -0.05) is 0 Å². The van der Waals surface area contributed by atoms with Crippen LogP contribution in [0.4, 0.5) is 11.6 Å². The second kappa shape index (κ2) is 7.03. The van der Waals surface area contributed by atoms with Gasteiger partial charge in [0.15, 0.2) is 11.5 Å². The lowest BCUT2D eigenvalue weighted by molar-refractivity contribution is 0.356. The number of rotatable bonds is 4. The summed E-state index contributed by atoms with van der Waals surface area (Å²) in [7, 11) is 3.23. The van der Waals surface area contributed by atoms with Crippen LogP contribution in [0.2, 0.25) is 5.28 Å². The fourth-order valence-electron chi connectivity index (χ4n) is 3.25. The minimum Gasteiger partial charge on any atom is -0.493 e. The van der Waals surface area contributed by atoms with E-state index in [0.29, 0.717) is 18.2 Å². The molecule has 0 spiro atoms. The summed E-state index contributed by atoms with van der Waals surface area (Å²) in [5, 5.41) is 1.17. The molecule has 1 aliphatic rings. The molecule has 0 saturated carbocycles. The standard InChI is InChI=1S/C18H19ClN6O2/c1-11-6-16(23-18(19)22-11)24-4-5-25(10-24)17-12-7-14(26-2)15(27-3)8-13(12)20-9-21-17/h6-9H,4-5,10H2,1-3H3. The second-order valence-corrected chi connectivity index (χ2v) is 6.56. The van der Waals surface area contributed by atoms with Gasteiger partial charge in [-0.05, 0) is 24.6 Å². The van der Waals surface area contributed by atoms with E-state index in [-0.39, 0.29) is 5.28 Å². The van der Waals surface area contributed by atoms with Crippen LogP contribution in [0, 0.1) is 6.92 Å². The highest BCUT2D eigenvalue weighted by Gasteiger charge is 2.25. The van der Waals surface area contributed by atoms with Crippen molar-refractivity contribution < 1.29 is 9.47 Å². The van der Waals surface area contributed by atoms with Crippen LogP contribution in [0.25, 0.3) is 10.9 Å². The smallest absolute Gasteiger partial charge is 0.224 e. The van der Waals surface area contributed by atoms with E-state index >= 15 is 0 Å². The van der Waals surface area contributed by atoms with Gasteiger partial charge in [0, 0.05) is 36.3 Å². The topological polar surface area (TPSA) is 76.5 Å². The molecule has 1 fully saturated rings. The first-order valence-corrected chi connectivity index (χ1v) is 8.84. The number of ether oxygens (including phenoxy) is 2. The number of nitrogens with zero attached hydrogens (tertiary/aromatic N) is 6. The van der Waals surface area contributed by atoms with E-state index in [1.165, 1.54) is 0 Å². The Morgan fingerprint density at radius 2 is 1.70 bits per heavy atom. The Labute approximate surface area is 161 Å². The van der Waals surface area contributed by atoms with Crippen molar-refractivity contribution in [1.29, 1.82) is 0 Å². The average Bonchev–Trinajstić information content (AvgIpc) is 3.15. The molecule has 1 aliphatic heterocycles. The Balaban J connectivity index is 1.69. The van der Waals surface area contributed by atoms with Crippen LogP contribution in [0.5, 0.6) is 11.5 Å². The van der Waals surface area contributed by atoms with Gasteiger partial charge in [0.25, 0.3) is 0 Å². The number of hydrogen-bond donors (Lipinski definition) is 0. The maximum Gasteiger partial charge on any atom is 0.224 e. The number of benzene rings is 1. The third-order valence-corrected chi connectivity index (χ3v) is 4.71. The van der Waals surface area contributed by atoms with Crippen LogP contribution in [-0.4, -0.2) is 53.9 Å². The molecule has 9 heteroatoms. The number of fused-ring (bicyclic) bond motifs is 1. The van der Waals surface area contributed by atoms with E-state index in [4.69, 9.17) is 21.1 Å². The summed E-state index contributed by atoms with van der Waals surface area (Å²) < 4.78 is 10.8. The van der Waals surface area contributed by atoms with Crippen LogP contribution in [-0.2, 0) is 0 Å².